The van der Waals surface area contributed by atoms with Crippen LogP contribution in [-0.2, 0) is 11.5 Å². The van der Waals surface area contributed by atoms with Gasteiger partial charge in [0.05, 0.1) is 0 Å². The van der Waals surface area contributed by atoms with E-state index in [2.05, 4.69) is 21.4 Å². The predicted octanol–water partition coefficient (Wildman–Crippen LogP) is 4.14. The number of nitrogens with two attached hydrogens (primary N) is 1. The first-order valence-electron chi connectivity index (χ1n) is 6.21. The second-order valence-corrected chi connectivity index (χ2v) is 6.68. The smallest absolute Gasteiger partial charge is 0.265 e. The lowest BCUT2D eigenvalue weighted by molar-refractivity contribution is 0.0953. The Hall–Kier alpha value is -1.01. The van der Waals surface area contributed by atoms with Gasteiger partial charge in [-0.25, -0.2) is 5.84 Å². The van der Waals surface area contributed by atoms with E-state index in [0.29, 0.717) is 5.56 Å². The molecule has 2 rings (SSSR count). The number of rotatable bonds is 5. The quantitative estimate of drug-likeness (QED) is 0.462. The van der Waals surface area contributed by atoms with Gasteiger partial charge in [0.1, 0.15) is 0 Å². The zero-order valence-corrected chi connectivity index (χ0v) is 14.3. The van der Waals surface area contributed by atoms with Crippen molar-refractivity contribution in [2.45, 2.75) is 11.5 Å². The van der Waals surface area contributed by atoms with Crippen molar-refractivity contribution in [3.8, 4) is 0 Å². The van der Waals surface area contributed by atoms with Gasteiger partial charge in [-0.1, -0.05) is 45.7 Å². The number of hydrogen-bond acceptors (Lipinski definition) is 3. The van der Waals surface area contributed by atoms with Crippen molar-refractivity contribution in [2.75, 3.05) is 0 Å². The highest BCUT2D eigenvalue weighted by Crippen LogP contribution is 2.25. The molecule has 0 bridgehead atoms. The molecule has 6 heteroatoms. The number of carbonyl (C=O) groups is 1. The van der Waals surface area contributed by atoms with Crippen molar-refractivity contribution in [1.82, 2.24) is 5.43 Å². The monoisotopic (exact) mass is 384 g/mol. The fraction of sp³-hybridized carbons (Fsp3) is 0.133. The Morgan fingerprint density at radius 1 is 1.19 bits per heavy atom. The van der Waals surface area contributed by atoms with Gasteiger partial charge in [0.15, 0.2) is 0 Å². The van der Waals surface area contributed by atoms with Crippen LogP contribution in [0.2, 0.25) is 5.02 Å². The molecule has 2 aromatic carbocycles. The molecule has 3 nitrogen and oxygen atoms in total. The third-order valence-electron chi connectivity index (χ3n) is 2.89. The van der Waals surface area contributed by atoms with E-state index in [1.165, 1.54) is 5.56 Å². The number of carbonyl (C=O) groups excluding carboxylic acids is 1. The van der Waals surface area contributed by atoms with Crippen LogP contribution in [-0.4, -0.2) is 5.91 Å². The minimum Gasteiger partial charge on any atom is -0.290 e. The predicted molar refractivity (Wildman–Crippen MR) is 92.2 cm³/mol. The van der Waals surface area contributed by atoms with Gasteiger partial charge in [-0.2, -0.15) is 11.8 Å². The second kappa shape index (κ2) is 7.84. The molecule has 0 saturated carbocycles. The summed E-state index contributed by atoms with van der Waals surface area (Å²) in [5, 5.41) is 0.750. The summed E-state index contributed by atoms with van der Waals surface area (Å²) in [5.41, 5.74) is 5.04. The third kappa shape index (κ3) is 4.74. The summed E-state index contributed by atoms with van der Waals surface area (Å²) in [6.07, 6.45) is 0. The molecule has 2 aromatic rings. The summed E-state index contributed by atoms with van der Waals surface area (Å²) in [7, 11) is 0. The molecule has 0 atom stereocenters. The molecule has 21 heavy (non-hydrogen) atoms. The zero-order chi connectivity index (χ0) is 15.2. The van der Waals surface area contributed by atoms with Crippen LogP contribution in [0.4, 0.5) is 0 Å². The lowest BCUT2D eigenvalue weighted by Crippen LogP contribution is -2.29. The van der Waals surface area contributed by atoms with E-state index >= 15 is 0 Å². The van der Waals surface area contributed by atoms with Crippen molar-refractivity contribution in [3.05, 3.63) is 68.7 Å². The summed E-state index contributed by atoms with van der Waals surface area (Å²) in [4.78, 5) is 11.4. The number of hydrazine groups is 1. The number of halogens is 2. The van der Waals surface area contributed by atoms with Gasteiger partial charge in [-0.3, -0.25) is 10.2 Å². The van der Waals surface area contributed by atoms with Crippen molar-refractivity contribution in [1.29, 1.82) is 0 Å². The molecular formula is C15H14BrClN2OS. The maximum absolute atomic E-state index is 11.4. The highest BCUT2D eigenvalue weighted by Gasteiger charge is 2.07. The van der Waals surface area contributed by atoms with E-state index < -0.39 is 0 Å². The van der Waals surface area contributed by atoms with Crippen molar-refractivity contribution >= 4 is 45.2 Å². The third-order valence-corrected chi connectivity index (χ3v) is 4.93. The first kappa shape index (κ1) is 16.4. The minimum absolute atomic E-state index is 0.295. The average Bonchev–Trinajstić information content (AvgIpc) is 2.50. The van der Waals surface area contributed by atoms with Gasteiger partial charge in [0, 0.05) is 26.6 Å². The van der Waals surface area contributed by atoms with Gasteiger partial charge in [0.2, 0.25) is 0 Å². The highest BCUT2D eigenvalue weighted by atomic mass is 79.9. The van der Waals surface area contributed by atoms with Gasteiger partial charge < -0.3 is 0 Å². The van der Waals surface area contributed by atoms with Crippen molar-refractivity contribution in [2.24, 2.45) is 5.84 Å². The topological polar surface area (TPSA) is 55.1 Å². The van der Waals surface area contributed by atoms with Crippen molar-refractivity contribution in [3.63, 3.8) is 0 Å². The van der Waals surface area contributed by atoms with Gasteiger partial charge in [-0.05, 0) is 35.4 Å². The molecule has 1 amide bonds. The summed E-state index contributed by atoms with van der Waals surface area (Å²) in [5.74, 6) is 6.59. The average molecular weight is 386 g/mol. The Balaban J connectivity index is 1.94. The van der Waals surface area contributed by atoms with Crippen LogP contribution in [0.1, 0.15) is 21.5 Å². The van der Waals surface area contributed by atoms with Crippen LogP contribution in [0.3, 0.4) is 0 Å². The SMILES string of the molecule is NNC(=O)c1ccc(CSCc2ccc(Cl)cc2)c(Br)c1. The molecule has 0 heterocycles. The fourth-order valence-corrected chi connectivity index (χ4v) is 3.58. The van der Waals surface area contributed by atoms with Crippen LogP contribution in [0.15, 0.2) is 46.9 Å². The van der Waals surface area contributed by atoms with Crippen LogP contribution in [0, 0.1) is 0 Å². The van der Waals surface area contributed by atoms with Crippen LogP contribution >= 0.6 is 39.3 Å². The Bertz CT molecular complexity index is 634. The van der Waals surface area contributed by atoms with E-state index in [1.54, 1.807) is 23.9 Å². The van der Waals surface area contributed by atoms with E-state index in [1.807, 2.05) is 30.3 Å². The van der Waals surface area contributed by atoms with E-state index in [9.17, 15) is 4.79 Å². The number of hydrogen-bond donors (Lipinski definition) is 2. The summed E-state index contributed by atoms with van der Waals surface area (Å²) < 4.78 is 0.909. The molecule has 0 spiro atoms. The molecule has 0 aromatic heterocycles. The Morgan fingerprint density at radius 3 is 2.52 bits per heavy atom. The van der Waals surface area contributed by atoms with Crippen LogP contribution in [0.5, 0.6) is 0 Å². The number of amides is 1. The summed E-state index contributed by atoms with van der Waals surface area (Å²) in [6, 6.07) is 13.3. The largest absolute Gasteiger partial charge is 0.290 e. The fourth-order valence-electron chi connectivity index (χ4n) is 1.75. The lowest BCUT2D eigenvalue weighted by Gasteiger charge is -2.07. The first-order chi connectivity index (χ1) is 10.1. The van der Waals surface area contributed by atoms with E-state index in [-0.39, 0.29) is 5.91 Å². The zero-order valence-electron chi connectivity index (χ0n) is 11.1. The van der Waals surface area contributed by atoms with Gasteiger partial charge in [0.25, 0.3) is 5.91 Å². The molecular weight excluding hydrogens is 372 g/mol. The Morgan fingerprint density at radius 2 is 1.90 bits per heavy atom. The summed E-state index contributed by atoms with van der Waals surface area (Å²) >= 11 is 11.2. The van der Waals surface area contributed by atoms with Gasteiger partial charge >= 0.3 is 0 Å². The van der Waals surface area contributed by atoms with Crippen LogP contribution < -0.4 is 11.3 Å². The Labute approximate surface area is 141 Å². The van der Waals surface area contributed by atoms with Crippen LogP contribution in [0.25, 0.3) is 0 Å². The minimum atomic E-state index is -0.295. The van der Waals surface area contributed by atoms with E-state index in [4.69, 9.17) is 17.4 Å². The number of benzene rings is 2. The Kier molecular flexibility index (Phi) is 6.11. The molecule has 110 valence electrons. The highest BCUT2D eigenvalue weighted by molar-refractivity contribution is 9.10. The number of nitrogens with one attached hydrogen (secondary N) is 1. The molecule has 0 unspecified atom stereocenters. The maximum atomic E-state index is 11.4. The molecule has 0 aliphatic heterocycles. The van der Waals surface area contributed by atoms with Crippen molar-refractivity contribution < 1.29 is 4.79 Å². The molecule has 0 saturated heterocycles. The number of nitrogen functional groups attached to an aromatic ring is 1. The lowest BCUT2D eigenvalue weighted by atomic mass is 10.1. The normalized spacial score (nSPS) is 10.4. The first-order valence-corrected chi connectivity index (χ1v) is 8.54. The molecule has 0 fully saturated rings. The molecule has 3 N–H and O–H groups in total. The van der Waals surface area contributed by atoms with Gasteiger partial charge in [-0.15, -0.1) is 0 Å². The molecule has 0 aliphatic rings. The maximum Gasteiger partial charge on any atom is 0.265 e. The molecule has 0 aliphatic carbocycles. The number of thioether (sulfide) groups is 1. The molecule has 0 radical (unpaired) electrons. The standard InChI is InChI=1S/C15H14BrClN2OS/c16-14-7-11(15(20)19-18)3-4-12(14)9-21-8-10-1-5-13(17)6-2-10/h1-7H,8-9,18H2,(H,19,20). The second-order valence-electron chi connectivity index (χ2n) is 4.40. The summed E-state index contributed by atoms with van der Waals surface area (Å²) in [6.45, 7) is 0. The van der Waals surface area contributed by atoms with E-state index in [0.717, 1.165) is 26.6 Å².